The van der Waals surface area contributed by atoms with Crippen molar-refractivity contribution in [1.29, 1.82) is 0 Å². The molecule has 3 fully saturated rings. The van der Waals surface area contributed by atoms with Gasteiger partial charge >= 0.3 is 0 Å². The van der Waals surface area contributed by atoms with Crippen LogP contribution in [0.5, 0.6) is 0 Å². The predicted octanol–water partition coefficient (Wildman–Crippen LogP) is 1.89. The van der Waals surface area contributed by atoms with Gasteiger partial charge in [0.1, 0.15) is 0 Å². The largest absolute Gasteiger partial charge is 0.381 e. The van der Waals surface area contributed by atoms with Gasteiger partial charge in [0.15, 0.2) is 0 Å². The zero-order chi connectivity index (χ0) is 13.3. The fourth-order valence-electron chi connectivity index (χ4n) is 3.97. The van der Waals surface area contributed by atoms with Crippen molar-refractivity contribution >= 4 is 5.91 Å². The number of nitrogens with zero attached hydrogens (tertiary/aromatic N) is 1. The Morgan fingerprint density at radius 3 is 2.79 bits per heavy atom. The maximum absolute atomic E-state index is 12.8. The van der Waals surface area contributed by atoms with Crippen molar-refractivity contribution in [2.24, 2.45) is 5.92 Å². The first-order chi connectivity index (χ1) is 9.25. The Hall–Kier alpha value is -0.610. The molecule has 2 unspecified atom stereocenters. The van der Waals surface area contributed by atoms with Crippen LogP contribution in [0.4, 0.5) is 0 Å². The summed E-state index contributed by atoms with van der Waals surface area (Å²) >= 11 is 0. The normalized spacial score (nSPS) is 34.4. The Morgan fingerprint density at radius 1 is 1.37 bits per heavy atom. The summed E-state index contributed by atoms with van der Waals surface area (Å²) in [5, 5.41) is 3.64. The van der Waals surface area contributed by atoms with Gasteiger partial charge in [0.2, 0.25) is 5.91 Å². The van der Waals surface area contributed by atoms with Crippen LogP contribution >= 0.6 is 0 Å². The first-order valence-electron chi connectivity index (χ1n) is 7.92. The Kier molecular flexibility index (Phi) is 3.81. The molecule has 0 aromatic heterocycles. The molecule has 4 heteroatoms. The first kappa shape index (κ1) is 13.4. The highest BCUT2D eigenvalue weighted by Crippen LogP contribution is 2.37. The van der Waals surface area contributed by atoms with Crippen LogP contribution in [-0.4, -0.2) is 42.3 Å². The van der Waals surface area contributed by atoms with Crippen molar-refractivity contribution in [2.45, 2.75) is 63.6 Å². The number of hydrogen-bond acceptors (Lipinski definition) is 3. The van der Waals surface area contributed by atoms with Gasteiger partial charge in [0, 0.05) is 19.1 Å². The number of nitrogens with one attached hydrogen (secondary N) is 1. The molecule has 3 rings (SSSR count). The van der Waals surface area contributed by atoms with E-state index in [2.05, 4.69) is 17.1 Å². The molecule has 1 saturated carbocycles. The minimum atomic E-state index is -0.212. The highest BCUT2D eigenvalue weighted by atomic mass is 16.5. The van der Waals surface area contributed by atoms with Crippen LogP contribution in [0.2, 0.25) is 0 Å². The fourth-order valence-corrected chi connectivity index (χ4v) is 3.97. The smallest absolute Gasteiger partial charge is 0.244 e. The number of ether oxygens (including phenoxy) is 1. The second kappa shape index (κ2) is 5.41. The second-order valence-electron chi connectivity index (χ2n) is 6.40. The highest BCUT2D eigenvalue weighted by Gasteiger charge is 2.51. The summed E-state index contributed by atoms with van der Waals surface area (Å²) in [5.41, 5.74) is -0.212. The summed E-state index contributed by atoms with van der Waals surface area (Å²) < 4.78 is 5.56. The molecule has 0 aromatic carbocycles. The third-order valence-corrected chi connectivity index (χ3v) is 5.04. The van der Waals surface area contributed by atoms with Gasteiger partial charge < -0.3 is 9.64 Å². The van der Waals surface area contributed by atoms with Crippen LogP contribution in [0.15, 0.2) is 0 Å². The van der Waals surface area contributed by atoms with E-state index in [0.29, 0.717) is 11.8 Å². The van der Waals surface area contributed by atoms with Crippen molar-refractivity contribution in [1.82, 2.24) is 10.2 Å². The number of amides is 1. The zero-order valence-electron chi connectivity index (χ0n) is 12.0. The van der Waals surface area contributed by atoms with Crippen LogP contribution in [0.1, 0.15) is 51.9 Å². The van der Waals surface area contributed by atoms with E-state index < -0.39 is 0 Å². The van der Waals surface area contributed by atoms with Crippen molar-refractivity contribution in [3.05, 3.63) is 0 Å². The predicted molar refractivity (Wildman–Crippen MR) is 73.7 cm³/mol. The summed E-state index contributed by atoms with van der Waals surface area (Å²) in [6.07, 6.45) is 8.02. The van der Waals surface area contributed by atoms with E-state index in [0.717, 1.165) is 45.4 Å². The van der Waals surface area contributed by atoms with Gasteiger partial charge in [-0.1, -0.05) is 19.8 Å². The molecular weight excluding hydrogens is 240 g/mol. The standard InChI is InChI=1S/C15H26N2O2/c1-2-13-16-15(7-3-4-8-15)14(18)17(13)10-12-6-5-9-19-11-12/h12-13,16H,2-11H2,1H3. The highest BCUT2D eigenvalue weighted by molar-refractivity contribution is 5.89. The Labute approximate surface area is 115 Å². The van der Waals surface area contributed by atoms with Gasteiger partial charge in [-0.3, -0.25) is 10.1 Å². The molecule has 108 valence electrons. The summed E-state index contributed by atoms with van der Waals surface area (Å²) in [6.45, 7) is 4.77. The zero-order valence-corrected chi connectivity index (χ0v) is 12.0. The third kappa shape index (κ3) is 2.40. The molecule has 1 N–H and O–H groups in total. The molecule has 2 aliphatic heterocycles. The van der Waals surface area contributed by atoms with Crippen LogP contribution in [0.25, 0.3) is 0 Å². The molecule has 1 aliphatic carbocycles. The fraction of sp³-hybridized carbons (Fsp3) is 0.933. The van der Waals surface area contributed by atoms with Gasteiger partial charge in [0.25, 0.3) is 0 Å². The van der Waals surface area contributed by atoms with E-state index in [1.165, 1.54) is 19.3 Å². The van der Waals surface area contributed by atoms with E-state index in [-0.39, 0.29) is 11.7 Å². The quantitative estimate of drug-likeness (QED) is 0.848. The second-order valence-corrected chi connectivity index (χ2v) is 6.40. The van der Waals surface area contributed by atoms with Gasteiger partial charge in [0.05, 0.1) is 18.3 Å². The maximum atomic E-state index is 12.8. The maximum Gasteiger partial charge on any atom is 0.244 e. The monoisotopic (exact) mass is 266 g/mol. The van der Waals surface area contributed by atoms with E-state index in [4.69, 9.17) is 4.74 Å². The number of hydrogen-bond donors (Lipinski definition) is 1. The van der Waals surface area contributed by atoms with Crippen molar-refractivity contribution in [2.75, 3.05) is 19.8 Å². The molecule has 2 atom stereocenters. The lowest BCUT2D eigenvalue weighted by Crippen LogP contribution is -2.44. The first-order valence-corrected chi connectivity index (χ1v) is 7.92. The molecule has 3 aliphatic rings. The van der Waals surface area contributed by atoms with Crippen LogP contribution in [-0.2, 0) is 9.53 Å². The van der Waals surface area contributed by atoms with E-state index in [1.54, 1.807) is 0 Å². The summed E-state index contributed by atoms with van der Waals surface area (Å²) in [5.74, 6) is 0.896. The Bertz CT molecular complexity index is 333. The summed E-state index contributed by atoms with van der Waals surface area (Å²) in [7, 11) is 0. The molecule has 0 radical (unpaired) electrons. The number of carbonyl (C=O) groups is 1. The SMILES string of the molecule is CCC1NC2(CCCC2)C(=O)N1CC1CCCOC1. The molecule has 19 heavy (non-hydrogen) atoms. The summed E-state index contributed by atoms with van der Waals surface area (Å²) in [6, 6.07) is 0. The minimum absolute atomic E-state index is 0.212. The van der Waals surface area contributed by atoms with Gasteiger partial charge in [-0.25, -0.2) is 0 Å². The van der Waals surface area contributed by atoms with Crippen molar-refractivity contribution < 1.29 is 9.53 Å². The average Bonchev–Trinajstić information content (AvgIpc) is 3.01. The average molecular weight is 266 g/mol. The molecule has 0 aromatic rings. The van der Waals surface area contributed by atoms with Crippen LogP contribution in [0, 0.1) is 5.92 Å². The molecule has 1 spiro atoms. The molecule has 1 amide bonds. The number of carbonyl (C=O) groups excluding carboxylic acids is 1. The molecule has 2 saturated heterocycles. The van der Waals surface area contributed by atoms with Crippen LogP contribution < -0.4 is 5.32 Å². The minimum Gasteiger partial charge on any atom is -0.381 e. The van der Waals surface area contributed by atoms with E-state index in [1.807, 2.05) is 0 Å². The van der Waals surface area contributed by atoms with Crippen molar-refractivity contribution in [3.63, 3.8) is 0 Å². The lowest BCUT2D eigenvalue weighted by molar-refractivity contribution is -0.134. The van der Waals surface area contributed by atoms with Gasteiger partial charge in [-0.05, 0) is 32.1 Å². The molecule has 2 heterocycles. The molecule has 0 bridgehead atoms. The van der Waals surface area contributed by atoms with Crippen molar-refractivity contribution in [3.8, 4) is 0 Å². The number of rotatable bonds is 3. The lowest BCUT2D eigenvalue weighted by atomic mass is 9.97. The van der Waals surface area contributed by atoms with E-state index >= 15 is 0 Å². The Morgan fingerprint density at radius 2 is 2.16 bits per heavy atom. The van der Waals surface area contributed by atoms with Gasteiger partial charge in [-0.2, -0.15) is 0 Å². The van der Waals surface area contributed by atoms with E-state index in [9.17, 15) is 4.79 Å². The third-order valence-electron chi connectivity index (χ3n) is 5.04. The Balaban J connectivity index is 1.69. The topological polar surface area (TPSA) is 41.6 Å². The van der Waals surface area contributed by atoms with Gasteiger partial charge in [-0.15, -0.1) is 0 Å². The lowest BCUT2D eigenvalue weighted by Gasteiger charge is -2.30. The molecule has 4 nitrogen and oxygen atoms in total. The summed E-state index contributed by atoms with van der Waals surface area (Å²) in [4.78, 5) is 14.9. The molecular formula is C15H26N2O2. The van der Waals surface area contributed by atoms with Crippen LogP contribution in [0.3, 0.4) is 0 Å².